The highest BCUT2D eigenvalue weighted by atomic mass is 32.2. The Hall–Kier alpha value is -4.58. The van der Waals surface area contributed by atoms with Gasteiger partial charge in [-0.25, -0.2) is 26.9 Å². The molecule has 3 aromatic carbocycles. The van der Waals surface area contributed by atoms with Crippen LogP contribution in [0.5, 0.6) is 11.5 Å². The van der Waals surface area contributed by atoms with Crippen molar-refractivity contribution in [3.63, 3.8) is 0 Å². The average molecular weight is 752 g/mol. The molecule has 51 heavy (non-hydrogen) atoms. The van der Waals surface area contributed by atoms with Gasteiger partial charge in [-0.3, -0.25) is 9.11 Å². The normalized spacial score (nSPS) is 17.5. The van der Waals surface area contributed by atoms with Gasteiger partial charge in [-0.2, -0.15) is 16.8 Å². The van der Waals surface area contributed by atoms with Gasteiger partial charge < -0.3 is 14.7 Å². The quantitative estimate of drug-likeness (QED) is 0.0865. The van der Waals surface area contributed by atoms with E-state index in [0.717, 1.165) is 0 Å². The molecule has 0 aliphatic carbocycles. The second-order valence-electron chi connectivity index (χ2n) is 13.7. The number of benzene rings is 3. The molecule has 0 aromatic heterocycles. The van der Waals surface area contributed by atoms with E-state index >= 15 is 13.2 Å². The highest BCUT2D eigenvalue weighted by Crippen LogP contribution is 2.47. The summed E-state index contributed by atoms with van der Waals surface area (Å²) in [4.78, 5) is 14.2. The molecular formula is C34H31F4N2O9S2+. The molecule has 0 fully saturated rings. The van der Waals surface area contributed by atoms with Crippen LogP contribution >= 0.6 is 0 Å². The van der Waals surface area contributed by atoms with Gasteiger partial charge in [0.05, 0.1) is 17.2 Å². The summed E-state index contributed by atoms with van der Waals surface area (Å²) in [5.74, 6) is -13.0. The lowest BCUT2D eigenvalue weighted by molar-refractivity contribution is 0.0689. The number of fused-ring (bicyclic) bond motifs is 4. The summed E-state index contributed by atoms with van der Waals surface area (Å²) in [6.07, 6.45) is 3.10. The van der Waals surface area contributed by atoms with Gasteiger partial charge in [0.15, 0.2) is 28.8 Å². The third-order valence-electron chi connectivity index (χ3n) is 9.56. The first-order valence-corrected chi connectivity index (χ1v) is 18.4. The highest BCUT2D eigenvalue weighted by molar-refractivity contribution is 7.86. The van der Waals surface area contributed by atoms with Crippen molar-refractivity contribution in [2.24, 2.45) is 0 Å². The van der Waals surface area contributed by atoms with Crippen molar-refractivity contribution in [2.45, 2.75) is 38.8 Å². The summed E-state index contributed by atoms with van der Waals surface area (Å²) in [6, 6.07) is 5.41. The summed E-state index contributed by atoms with van der Waals surface area (Å²) in [6.45, 7) is 7.03. The molecule has 17 heteroatoms. The maximum atomic E-state index is 16.1. The van der Waals surface area contributed by atoms with Gasteiger partial charge in [0.2, 0.25) is 5.36 Å². The zero-order chi connectivity index (χ0) is 37.9. The molecule has 0 atom stereocenters. The monoisotopic (exact) mass is 751 g/mol. The Morgan fingerprint density at radius 1 is 0.804 bits per heavy atom. The van der Waals surface area contributed by atoms with E-state index in [1.807, 2.05) is 0 Å². The van der Waals surface area contributed by atoms with Crippen molar-refractivity contribution >= 4 is 48.6 Å². The Morgan fingerprint density at radius 3 is 1.94 bits per heavy atom. The number of carbonyl (C=O) groups is 1. The number of carboxylic acid groups (broad SMARTS) is 1. The topological polar surface area (TPSA) is 162 Å². The van der Waals surface area contributed by atoms with Crippen LogP contribution in [0.25, 0.3) is 16.7 Å². The molecular weight excluding hydrogens is 721 g/mol. The Morgan fingerprint density at radius 2 is 1.37 bits per heavy atom. The number of halogens is 4. The molecule has 3 N–H and O–H groups in total. The fourth-order valence-corrected chi connectivity index (χ4v) is 8.09. The number of aromatic carboxylic acids is 1. The van der Waals surface area contributed by atoms with Crippen LogP contribution in [0.15, 0.2) is 36.4 Å². The van der Waals surface area contributed by atoms with Gasteiger partial charge in [-0.15, -0.1) is 0 Å². The summed E-state index contributed by atoms with van der Waals surface area (Å²) in [7, 11) is -5.93. The first-order chi connectivity index (χ1) is 23.3. The van der Waals surface area contributed by atoms with Crippen LogP contribution in [0, 0.1) is 23.3 Å². The van der Waals surface area contributed by atoms with Crippen molar-refractivity contribution in [2.75, 3.05) is 30.5 Å². The Bertz CT molecular complexity index is 2560. The summed E-state index contributed by atoms with van der Waals surface area (Å²) >= 11 is 0. The van der Waals surface area contributed by atoms with E-state index in [2.05, 4.69) is 0 Å². The third-order valence-corrected chi connectivity index (χ3v) is 10.9. The van der Waals surface area contributed by atoms with Gasteiger partial charge in [0.25, 0.3) is 20.2 Å². The van der Waals surface area contributed by atoms with E-state index < -0.39 is 88.8 Å². The smallest absolute Gasteiger partial charge is 0.339 e. The van der Waals surface area contributed by atoms with Crippen LogP contribution in [0.2, 0.25) is 0 Å². The van der Waals surface area contributed by atoms with E-state index in [-0.39, 0.29) is 44.6 Å². The number of nitrogens with zero attached hydrogens (tertiary/aromatic N) is 2. The Balaban J connectivity index is 1.85. The Labute approximate surface area is 289 Å². The molecule has 3 aliphatic rings. The van der Waals surface area contributed by atoms with E-state index in [1.165, 1.54) is 24.3 Å². The molecule has 0 amide bonds. The molecule has 6 rings (SSSR count). The number of hydrogen-bond acceptors (Lipinski definition) is 7. The number of rotatable bonds is 6. The van der Waals surface area contributed by atoms with Crippen molar-refractivity contribution in [3.8, 4) is 11.5 Å². The maximum Gasteiger partial charge on any atom is 0.339 e. The zero-order valence-corrected chi connectivity index (χ0v) is 29.5. The minimum Gasteiger partial charge on any atom is -0.478 e. The van der Waals surface area contributed by atoms with Crippen LogP contribution in [0.1, 0.15) is 60.3 Å². The molecule has 3 heterocycles. The predicted octanol–water partition coefficient (Wildman–Crippen LogP) is 3.98. The fourth-order valence-electron chi connectivity index (χ4n) is 6.82. The molecule has 270 valence electrons. The minimum atomic E-state index is -4.64. The predicted molar refractivity (Wildman–Crippen MR) is 180 cm³/mol. The molecule has 0 radical (unpaired) electrons. The minimum absolute atomic E-state index is 0.0756. The molecule has 3 aliphatic heterocycles. The van der Waals surface area contributed by atoms with Crippen molar-refractivity contribution < 1.29 is 58.1 Å². The second kappa shape index (κ2) is 11.5. The second-order valence-corrected chi connectivity index (χ2v) is 16.6. The van der Waals surface area contributed by atoms with Crippen molar-refractivity contribution in [1.29, 1.82) is 0 Å². The van der Waals surface area contributed by atoms with Gasteiger partial charge in [-0.05, 0) is 43.2 Å². The van der Waals surface area contributed by atoms with Gasteiger partial charge in [0, 0.05) is 60.1 Å². The molecule has 11 nitrogen and oxygen atoms in total. The van der Waals surface area contributed by atoms with Crippen LogP contribution in [0.3, 0.4) is 0 Å². The lowest BCUT2D eigenvalue weighted by atomic mass is 9.83. The van der Waals surface area contributed by atoms with Crippen LogP contribution in [-0.4, -0.2) is 73.7 Å². The zero-order valence-electron chi connectivity index (χ0n) is 27.9. The lowest BCUT2D eigenvalue weighted by Crippen LogP contribution is -2.47. The first-order valence-electron chi connectivity index (χ1n) is 15.2. The molecule has 0 bridgehead atoms. The van der Waals surface area contributed by atoms with Crippen molar-refractivity contribution in [3.05, 3.63) is 98.1 Å². The molecule has 0 spiro atoms. The summed E-state index contributed by atoms with van der Waals surface area (Å²) < 4.78 is 137. The van der Waals surface area contributed by atoms with Gasteiger partial charge >= 0.3 is 5.97 Å². The third kappa shape index (κ3) is 6.00. The Kier molecular flexibility index (Phi) is 8.14. The lowest BCUT2D eigenvalue weighted by Gasteiger charge is -2.41. The highest BCUT2D eigenvalue weighted by Gasteiger charge is 2.39. The van der Waals surface area contributed by atoms with E-state index in [9.17, 15) is 40.2 Å². The number of hydrogen-bond donors (Lipinski definition) is 3. The SMILES string of the molecule is CN1c2cc3c(cc2C(CS(=O)(=O)O)=CC1(C)C)C(c1c(F)c(F)c(F)c(F)c1C(=O)O)=c1cc2c(cc1O3)=[N+](C)C(C)(C)C=C2CS(=O)(=O)O. The standard InChI is InChI=1S/C34H30F4N2O9S2/c1-33(2)11-15(13-50(43,44)45)17-7-19-23(9-21(17)39(33)5)49-24-10-22-18(16(14-51(46,47)48)12-34(3,4)40(22)6)8-20(24)25(19)26-27(32(41)42)29(36)31(38)30(37)28(26)35/h7-12H,13-14H2,1-6H3,(H2-,41,42,43,44,45,46,47,48)/p+1. The van der Waals surface area contributed by atoms with E-state index in [1.54, 1.807) is 63.4 Å². The molecule has 0 saturated heterocycles. The fraction of sp³-hybridized carbons (Fsp3) is 0.294. The number of likely N-dealkylation sites (N-methyl/N-ethyl adjacent to an activating group) is 2. The maximum absolute atomic E-state index is 16.1. The first kappa shape index (κ1) is 36.2. The number of anilines is 1. The number of ether oxygens (including phenoxy) is 1. The van der Waals surface area contributed by atoms with Crippen molar-refractivity contribution in [1.82, 2.24) is 4.58 Å². The van der Waals surface area contributed by atoms with Crippen LogP contribution in [-0.2, 0) is 20.2 Å². The molecule has 3 aromatic rings. The molecule has 0 unspecified atom stereocenters. The van der Waals surface area contributed by atoms with Crippen LogP contribution in [0.4, 0.5) is 23.2 Å². The van der Waals surface area contributed by atoms with Crippen LogP contribution < -0.4 is 24.8 Å². The molecule has 0 saturated carbocycles. The van der Waals surface area contributed by atoms with E-state index in [0.29, 0.717) is 11.0 Å². The number of carboxylic acids is 1. The average Bonchev–Trinajstić information content (AvgIpc) is 2.99. The summed E-state index contributed by atoms with van der Waals surface area (Å²) in [5.41, 5.74) is -4.37. The van der Waals surface area contributed by atoms with Gasteiger partial charge in [0.1, 0.15) is 35.6 Å². The van der Waals surface area contributed by atoms with Gasteiger partial charge in [-0.1, -0.05) is 6.08 Å². The largest absolute Gasteiger partial charge is 0.478 e. The summed E-state index contributed by atoms with van der Waals surface area (Å²) in [5, 5.41) is 10.2. The van der Waals surface area contributed by atoms with E-state index in [4.69, 9.17) is 4.74 Å².